The molecule has 0 unspecified atom stereocenters. The molecular formula is C22H15BrF3N. The Morgan fingerprint density at radius 3 is 2.19 bits per heavy atom. The van der Waals surface area contributed by atoms with Crippen molar-refractivity contribution in [1.29, 1.82) is 0 Å². The van der Waals surface area contributed by atoms with Gasteiger partial charge >= 0.3 is 6.18 Å². The molecule has 1 aliphatic rings. The smallest absolute Gasteiger partial charge is 0.260 e. The molecule has 1 heterocycles. The third-order valence-electron chi connectivity index (χ3n) is 4.95. The van der Waals surface area contributed by atoms with Crippen molar-refractivity contribution in [2.45, 2.75) is 18.0 Å². The van der Waals surface area contributed by atoms with E-state index in [9.17, 15) is 13.2 Å². The molecule has 0 saturated carbocycles. The second-order valence-corrected chi connectivity index (χ2v) is 7.54. The first-order valence-electron chi connectivity index (χ1n) is 8.45. The maximum Gasteiger partial charge on any atom is 0.403 e. The van der Waals surface area contributed by atoms with Crippen LogP contribution in [0.5, 0.6) is 0 Å². The Bertz CT molecular complexity index is 994. The standard InChI is InChI=1S/C22H15BrF3N/c23-19-10-11-20-17(12-19)13-21(14-27-20,22(24,25)26)18-8-6-16(7-9-18)15-4-2-1-3-5-15/h1-12,14H,13H2/t21-/m0/s1. The van der Waals surface area contributed by atoms with Crippen molar-refractivity contribution in [2.75, 3.05) is 0 Å². The van der Waals surface area contributed by atoms with Gasteiger partial charge in [0.15, 0.2) is 0 Å². The van der Waals surface area contributed by atoms with Crippen LogP contribution in [0, 0.1) is 0 Å². The highest BCUT2D eigenvalue weighted by Gasteiger charge is 2.56. The molecule has 4 rings (SSSR count). The Kier molecular flexibility index (Phi) is 4.42. The fraction of sp³-hybridized carbons (Fsp3) is 0.136. The molecule has 136 valence electrons. The van der Waals surface area contributed by atoms with Gasteiger partial charge in [0.25, 0.3) is 0 Å². The molecule has 0 spiro atoms. The molecule has 27 heavy (non-hydrogen) atoms. The van der Waals surface area contributed by atoms with Gasteiger partial charge in [0.05, 0.1) is 5.69 Å². The lowest BCUT2D eigenvalue weighted by Crippen LogP contribution is -2.47. The van der Waals surface area contributed by atoms with E-state index in [1.807, 2.05) is 30.3 Å². The molecule has 5 heteroatoms. The highest BCUT2D eigenvalue weighted by molar-refractivity contribution is 9.10. The third-order valence-corrected chi connectivity index (χ3v) is 5.44. The van der Waals surface area contributed by atoms with Crippen LogP contribution in [0.4, 0.5) is 18.9 Å². The summed E-state index contributed by atoms with van der Waals surface area (Å²) < 4.78 is 43.3. The molecule has 1 nitrogen and oxygen atoms in total. The number of hydrogen-bond donors (Lipinski definition) is 0. The Morgan fingerprint density at radius 2 is 1.52 bits per heavy atom. The van der Waals surface area contributed by atoms with E-state index in [2.05, 4.69) is 20.9 Å². The van der Waals surface area contributed by atoms with Crippen LogP contribution in [0.15, 0.2) is 82.3 Å². The van der Waals surface area contributed by atoms with Crippen LogP contribution >= 0.6 is 15.9 Å². The van der Waals surface area contributed by atoms with Gasteiger partial charge < -0.3 is 0 Å². The SMILES string of the molecule is FC(F)(F)[C@]1(c2ccc(-c3ccccc3)cc2)C=Nc2ccc(Br)cc2C1. The number of rotatable bonds is 2. The van der Waals surface area contributed by atoms with Gasteiger partial charge in [0, 0.05) is 10.7 Å². The van der Waals surface area contributed by atoms with Crippen LogP contribution < -0.4 is 0 Å². The van der Waals surface area contributed by atoms with Gasteiger partial charge in [0.1, 0.15) is 5.41 Å². The highest BCUT2D eigenvalue weighted by atomic mass is 79.9. The summed E-state index contributed by atoms with van der Waals surface area (Å²) in [5.74, 6) is 0. The van der Waals surface area contributed by atoms with Crippen molar-refractivity contribution in [2.24, 2.45) is 4.99 Å². The quantitative estimate of drug-likeness (QED) is 0.421. The molecule has 3 aromatic carbocycles. The first-order chi connectivity index (χ1) is 12.9. The average Bonchev–Trinajstić information content (AvgIpc) is 2.67. The molecular weight excluding hydrogens is 415 g/mol. The van der Waals surface area contributed by atoms with E-state index < -0.39 is 11.6 Å². The number of nitrogens with zero attached hydrogens (tertiary/aromatic N) is 1. The first-order valence-corrected chi connectivity index (χ1v) is 9.25. The van der Waals surface area contributed by atoms with Crippen LogP contribution in [0.3, 0.4) is 0 Å². The van der Waals surface area contributed by atoms with Crippen molar-refractivity contribution >= 4 is 27.8 Å². The summed E-state index contributed by atoms with van der Waals surface area (Å²) in [7, 11) is 0. The van der Waals surface area contributed by atoms with Gasteiger partial charge in [-0.3, -0.25) is 4.99 Å². The molecule has 0 bridgehead atoms. The lowest BCUT2D eigenvalue weighted by molar-refractivity contribution is -0.168. The molecule has 1 atom stereocenters. The van der Waals surface area contributed by atoms with Crippen molar-refractivity contribution in [3.05, 3.63) is 88.4 Å². The molecule has 0 aliphatic carbocycles. The average molecular weight is 430 g/mol. The van der Waals surface area contributed by atoms with Crippen molar-refractivity contribution in [1.82, 2.24) is 0 Å². The lowest BCUT2D eigenvalue weighted by Gasteiger charge is -2.35. The molecule has 0 amide bonds. The maximum absolute atomic E-state index is 14.2. The number of benzene rings is 3. The Morgan fingerprint density at radius 1 is 0.852 bits per heavy atom. The van der Waals surface area contributed by atoms with Gasteiger partial charge in [0.2, 0.25) is 0 Å². The van der Waals surface area contributed by atoms with E-state index in [1.165, 1.54) is 0 Å². The number of hydrogen-bond acceptors (Lipinski definition) is 1. The van der Waals surface area contributed by atoms with Crippen LogP contribution in [0.1, 0.15) is 11.1 Å². The molecule has 0 saturated heterocycles. The van der Waals surface area contributed by atoms with Crippen LogP contribution in [0.25, 0.3) is 11.1 Å². The predicted octanol–water partition coefficient (Wildman–Crippen LogP) is 6.87. The fourth-order valence-corrected chi connectivity index (χ4v) is 3.86. The third kappa shape index (κ3) is 3.21. The number of fused-ring (bicyclic) bond motifs is 1. The normalized spacial score (nSPS) is 19.0. The van der Waals surface area contributed by atoms with E-state index >= 15 is 0 Å². The van der Waals surface area contributed by atoms with Gasteiger partial charge in [-0.25, -0.2) is 0 Å². The van der Waals surface area contributed by atoms with E-state index in [0.29, 0.717) is 11.3 Å². The van der Waals surface area contributed by atoms with Crippen LogP contribution in [-0.4, -0.2) is 12.4 Å². The van der Waals surface area contributed by atoms with Gasteiger partial charge in [-0.05, 0) is 46.9 Å². The van der Waals surface area contributed by atoms with Crippen molar-refractivity contribution in [3.63, 3.8) is 0 Å². The Hall–Kier alpha value is -2.40. The van der Waals surface area contributed by atoms with Crippen LogP contribution in [0.2, 0.25) is 0 Å². The van der Waals surface area contributed by atoms with Gasteiger partial charge in [-0.2, -0.15) is 13.2 Å². The molecule has 0 fully saturated rings. The second-order valence-electron chi connectivity index (χ2n) is 6.62. The highest BCUT2D eigenvalue weighted by Crippen LogP contribution is 2.47. The second kappa shape index (κ2) is 6.64. The molecule has 0 aromatic heterocycles. The summed E-state index contributed by atoms with van der Waals surface area (Å²) in [4.78, 5) is 4.15. The summed E-state index contributed by atoms with van der Waals surface area (Å²) in [6, 6.07) is 21.4. The topological polar surface area (TPSA) is 12.4 Å². The molecule has 1 aliphatic heterocycles. The summed E-state index contributed by atoms with van der Waals surface area (Å²) >= 11 is 3.34. The largest absolute Gasteiger partial charge is 0.403 e. The van der Waals surface area contributed by atoms with Gasteiger partial charge in [-0.15, -0.1) is 0 Å². The lowest BCUT2D eigenvalue weighted by atomic mass is 9.74. The van der Waals surface area contributed by atoms with Gasteiger partial charge in [-0.1, -0.05) is 70.5 Å². The summed E-state index contributed by atoms with van der Waals surface area (Å²) in [6.07, 6.45) is -3.56. The Labute approximate surface area is 163 Å². The minimum Gasteiger partial charge on any atom is -0.260 e. The molecule has 0 N–H and O–H groups in total. The number of aliphatic imine (C=N–C) groups is 1. The van der Waals surface area contributed by atoms with Crippen LogP contribution in [-0.2, 0) is 11.8 Å². The Balaban J connectivity index is 1.78. The van der Waals surface area contributed by atoms with E-state index in [4.69, 9.17) is 0 Å². The zero-order valence-corrected chi connectivity index (χ0v) is 15.8. The molecule has 3 aromatic rings. The van der Waals surface area contributed by atoms with E-state index in [0.717, 1.165) is 21.8 Å². The summed E-state index contributed by atoms with van der Waals surface area (Å²) in [5.41, 5.74) is 1.08. The summed E-state index contributed by atoms with van der Waals surface area (Å²) in [5, 5.41) is 0. The van der Waals surface area contributed by atoms with E-state index in [1.54, 1.807) is 42.5 Å². The van der Waals surface area contributed by atoms with Crippen molar-refractivity contribution < 1.29 is 13.2 Å². The first kappa shape index (κ1) is 18.0. The monoisotopic (exact) mass is 429 g/mol. The summed E-state index contributed by atoms with van der Waals surface area (Å²) in [6.45, 7) is 0. The fourth-order valence-electron chi connectivity index (χ4n) is 3.45. The maximum atomic E-state index is 14.2. The zero-order valence-electron chi connectivity index (χ0n) is 14.2. The molecule has 0 radical (unpaired) electrons. The number of alkyl halides is 3. The minimum atomic E-state index is -4.45. The minimum absolute atomic E-state index is 0.167. The zero-order chi connectivity index (χ0) is 19.1. The predicted molar refractivity (Wildman–Crippen MR) is 106 cm³/mol. The number of halogens is 4. The van der Waals surface area contributed by atoms with E-state index in [-0.39, 0.29) is 12.0 Å². The van der Waals surface area contributed by atoms with Crippen molar-refractivity contribution in [3.8, 4) is 11.1 Å².